The molecule has 2 saturated heterocycles. The molecule has 3 aliphatic rings. The molecule has 3 heterocycles. The number of aliphatic imine (C=N–C) groups is 1. The van der Waals surface area contributed by atoms with E-state index in [4.69, 9.17) is 21.3 Å². The Bertz CT molecular complexity index is 1180. The predicted octanol–water partition coefficient (Wildman–Crippen LogP) is 4.72. The van der Waals surface area contributed by atoms with Crippen molar-refractivity contribution >= 4 is 33.9 Å². The highest BCUT2D eigenvalue weighted by Gasteiger charge is 2.40. The number of aliphatic hydroxyl groups excluding tert-OH is 1. The second-order valence-corrected chi connectivity index (χ2v) is 10.2. The van der Waals surface area contributed by atoms with Crippen LogP contribution in [0.3, 0.4) is 0 Å². The van der Waals surface area contributed by atoms with Crippen LogP contribution in [-0.4, -0.2) is 67.3 Å². The van der Waals surface area contributed by atoms with Crippen LogP contribution in [0, 0.1) is 0 Å². The second-order valence-electron chi connectivity index (χ2n) is 9.81. The Kier molecular flexibility index (Phi) is 7.05. The van der Waals surface area contributed by atoms with Gasteiger partial charge >= 0.3 is 0 Å². The standard InChI is InChI=1S/C28H35ClN4O2/c1-4-7-26(35-3)31-28(33-16-20-14-25(34)23(17-33)30-20)21-12-13-32(15-18(21)2)24-11-6-9-19-8-5-10-22(29)27(19)24/h5-11,20,23,25,30,34H,4,12-17H2,1-3H3/b26-7-,31-28+. The number of ether oxygens (including phenoxy) is 1. The van der Waals surface area contributed by atoms with Gasteiger partial charge in [0.05, 0.1) is 24.3 Å². The molecule has 3 aliphatic heterocycles. The Morgan fingerprint density at radius 1 is 1.26 bits per heavy atom. The molecule has 6 nitrogen and oxygen atoms in total. The molecular weight excluding hydrogens is 460 g/mol. The zero-order valence-electron chi connectivity index (χ0n) is 20.8. The number of allylic oxidation sites excluding steroid dienone is 1. The van der Waals surface area contributed by atoms with Crippen LogP contribution in [0.15, 0.2) is 64.5 Å². The normalized spacial score (nSPS) is 25.6. The number of rotatable bonds is 5. The van der Waals surface area contributed by atoms with Crippen LogP contribution in [-0.2, 0) is 4.74 Å². The van der Waals surface area contributed by atoms with Gasteiger partial charge in [-0.05, 0) is 60.9 Å². The topological polar surface area (TPSA) is 60.3 Å². The number of benzene rings is 2. The fourth-order valence-corrected chi connectivity index (χ4v) is 6.02. The predicted molar refractivity (Wildman–Crippen MR) is 144 cm³/mol. The first-order chi connectivity index (χ1) is 17.0. The summed E-state index contributed by atoms with van der Waals surface area (Å²) in [6.07, 6.45) is 4.27. The third kappa shape index (κ3) is 4.80. The number of piperazine rings is 1. The summed E-state index contributed by atoms with van der Waals surface area (Å²) >= 11 is 6.64. The molecule has 2 aromatic carbocycles. The molecule has 0 saturated carbocycles. The molecule has 0 aromatic heterocycles. The van der Waals surface area contributed by atoms with Crippen molar-refractivity contribution in [3.05, 3.63) is 64.5 Å². The fraction of sp³-hybridized carbons (Fsp3) is 0.464. The zero-order chi connectivity index (χ0) is 24.5. The van der Waals surface area contributed by atoms with Crippen LogP contribution >= 0.6 is 11.6 Å². The largest absolute Gasteiger partial charge is 0.481 e. The van der Waals surface area contributed by atoms with Crippen molar-refractivity contribution in [3.8, 4) is 0 Å². The summed E-state index contributed by atoms with van der Waals surface area (Å²) in [6.45, 7) is 7.60. The molecule has 2 N–H and O–H groups in total. The lowest BCUT2D eigenvalue weighted by molar-refractivity contribution is 0.150. The Balaban J connectivity index is 1.49. The summed E-state index contributed by atoms with van der Waals surface area (Å²) in [5.41, 5.74) is 3.76. The minimum absolute atomic E-state index is 0.0823. The lowest BCUT2D eigenvalue weighted by Gasteiger charge is -2.39. The van der Waals surface area contributed by atoms with Gasteiger partial charge in [-0.15, -0.1) is 0 Å². The highest BCUT2D eigenvalue weighted by Crippen LogP contribution is 2.36. The van der Waals surface area contributed by atoms with Crippen molar-refractivity contribution in [2.24, 2.45) is 4.99 Å². The van der Waals surface area contributed by atoms with E-state index in [0.29, 0.717) is 5.88 Å². The zero-order valence-corrected chi connectivity index (χ0v) is 21.6. The summed E-state index contributed by atoms with van der Waals surface area (Å²) in [5.74, 6) is 1.64. The number of nitrogens with one attached hydrogen (secondary N) is 1. The minimum Gasteiger partial charge on any atom is -0.481 e. The molecule has 3 unspecified atom stereocenters. The van der Waals surface area contributed by atoms with Crippen LogP contribution in [0.2, 0.25) is 5.02 Å². The van der Waals surface area contributed by atoms with Crippen LogP contribution in [0.1, 0.15) is 33.1 Å². The van der Waals surface area contributed by atoms with E-state index in [0.717, 1.165) is 67.1 Å². The summed E-state index contributed by atoms with van der Waals surface area (Å²) < 4.78 is 5.61. The maximum atomic E-state index is 10.4. The third-order valence-electron chi connectivity index (χ3n) is 7.42. The first kappa shape index (κ1) is 24.2. The monoisotopic (exact) mass is 494 g/mol. The summed E-state index contributed by atoms with van der Waals surface area (Å²) in [6, 6.07) is 12.9. The number of aliphatic hydroxyl groups is 1. The van der Waals surface area contributed by atoms with Crippen LogP contribution in [0.25, 0.3) is 10.8 Å². The average molecular weight is 495 g/mol. The molecule has 2 fully saturated rings. The summed E-state index contributed by atoms with van der Waals surface area (Å²) in [4.78, 5) is 9.82. The molecule has 7 heteroatoms. The average Bonchev–Trinajstić information content (AvgIpc) is 3.12. The smallest absolute Gasteiger partial charge is 0.210 e. The maximum Gasteiger partial charge on any atom is 0.210 e. The van der Waals surface area contributed by atoms with E-state index in [-0.39, 0.29) is 18.2 Å². The molecule has 0 radical (unpaired) electrons. The number of methoxy groups -OCH3 is 1. The number of halogens is 1. The summed E-state index contributed by atoms with van der Waals surface area (Å²) in [5, 5.41) is 17.1. The van der Waals surface area contributed by atoms with Crippen molar-refractivity contribution in [3.63, 3.8) is 0 Å². The first-order valence-corrected chi connectivity index (χ1v) is 13.0. The maximum absolute atomic E-state index is 10.4. The molecule has 5 rings (SSSR count). The van der Waals surface area contributed by atoms with Crippen LogP contribution in [0.5, 0.6) is 0 Å². The van der Waals surface area contributed by atoms with Gasteiger partial charge in [0.25, 0.3) is 0 Å². The molecule has 0 amide bonds. The van der Waals surface area contributed by atoms with Gasteiger partial charge in [0.1, 0.15) is 5.84 Å². The van der Waals surface area contributed by atoms with Gasteiger partial charge in [-0.3, -0.25) is 0 Å². The molecule has 0 spiro atoms. The van der Waals surface area contributed by atoms with E-state index in [2.05, 4.69) is 53.2 Å². The molecule has 3 atom stereocenters. The molecular formula is C28H35ClN4O2. The van der Waals surface area contributed by atoms with E-state index in [1.807, 2.05) is 18.2 Å². The highest BCUT2D eigenvalue weighted by atomic mass is 35.5. The first-order valence-electron chi connectivity index (χ1n) is 12.6. The van der Waals surface area contributed by atoms with Crippen LogP contribution < -0.4 is 10.2 Å². The molecule has 0 aliphatic carbocycles. The quantitative estimate of drug-likeness (QED) is 0.357. The lowest BCUT2D eigenvalue weighted by atomic mass is 9.97. The van der Waals surface area contributed by atoms with E-state index in [9.17, 15) is 5.11 Å². The molecule has 2 bridgehead atoms. The second kappa shape index (κ2) is 10.2. The summed E-state index contributed by atoms with van der Waals surface area (Å²) in [7, 11) is 1.68. The van der Waals surface area contributed by atoms with Crippen molar-refractivity contribution in [2.75, 3.05) is 38.2 Å². The van der Waals surface area contributed by atoms with Gasteiger partial charge in [0, 0.05) is 43.3 Å². The molecule has 35 heavy (non-hydrogen) atoms. The van der Waals surface area contributed by atoms with E-state index in [1.165, 1.54) is 16.8 Å². The van der Waals surface area contributed by atoms with Gasteiger partial charge < -0.3 is 25.0 Å². The number of likely N-dealkylation sites (tertiary alicyclic amines) is 1. The van der Waals surface area contributed by atoms with Gasteiger partial charge in [-0.1, -0.05) is 42.8 Å². The van der Waals surface area contributed by atoms with E-state index < -0.39 is 0 Å². The number of nitrogens with zero attached hydrogens (tertiary/aromatic N) is 3. The van der Waals surface area contributed by atoms with E-state index >= 15 is 0 Å². The third-order valence-corrected chi connectivity index (χ3v) is 7.73. The number of amidine groups is 1. The van der Waals surface area contributed by atoms with Crippen molar-refractivity contribution in [2.45, 2.75) is 51.3 Å². The molecule has 2 aromatic rings. The van der Waals surface area contributed by atoms with E-state index in [1.54, 1.807) is 7.11 Å². The van der Waals surface area contributed by atoms with Crippen LogP contribution in [0.4, 0.5) is 5.69 Å². The number of fused-ring (bicyclic) bond motifs is 3. The Morgan fingerprint density at radius 2 is 2.06 bits per heavy atom. The molecule has 186 valence electrons. The Labute approximate surface area is 212 Å². The van der Waals surface area contributed by atoms with Gasteiger partial charge in [-0.2, -0.15) is 4.99 Å². The Hall–Kier alpha value is -2.54. The Morgan fingerprint density at radius 3 is 2.77 bits per heavy atom. The minimum atomic E-state index is -0.299. The van der Waals surface area contributed by atoms with Gasteiger partial charge in [0.15, 0.2) is 0 Å². The number of anilines is 1. The van der Waals surface area contributed by atoms with Crippen molar-refractivity contribution in [1.29, 1.82) is 0 Å². The SMILES string of the molecule is CC/C=C(/N=C(\C1=C(C)CN(c2cccc3cccc(Cl)c23)CC1)N1CC2CC(O)C(C1)N2)OC. The highest BCUT2D eigenvalue weighted by molar-refractivity contribution is 6.36. The van der Waals surface area contributed by atoms with Gasteiger partial charge in [-0.25, -0.2) is 0 Å². The van der Waals surface area contributed by atoms with Gasteiger partial charge in [0.2, 0.25) is 5.88 Å². The van der Waals surface area contributed by atoms with Crippen molar-refractivity contribution < 1.29 is 9.84 Å². The number of hydrogen-bond donors (Lipinski definition) is 2. The number of hydrogen-bond acceptors (Lipinski definition) is 5. The van der Waals surface area contributed by atoms with Crippen molar-refractivity contribution in [1.82, 2.24) is 10.2 Å². The fourth-order valence-electron chi connectivity index (χ4n) is 5.74. The lowest BCUT2D eigenvalue weighted by Crippen LogP contribution is -2.55.